The Balaban J connectivity index is 2.37. The first-order valence-corrected chi connectivity index (χ1v) is 9.36. The van der Waals surface area contributed by atoms with Gasteiger partial charge in [-0.3, -0.25) is 18.9 Å². The van der Waals surface area contributed by atoms with Crippen LogP contribution in [0.2, 0.25) is 0 Å². The molecular weight excluding hydrogens is 428 g/mol. The van der Waals surface area contributed by atoms with Crippen molar-refractivity contribution in [2.24, 2.45) is 0 Å². The molecule has 0 bridgehead atoms. The maximum atomic E-state index is 13.0. The quantitative estimate of drug-likeness (QED) is 0.409. The number of benzene rings is 2. The topological polar surface area (TPSA) is 144 Å². The Morgan fingerprint density at radius 3 is 2.38 bits per heavy atom. The van der Waals surface area contributed by atoms with E-state index < -0.39 is 38.2 Å². The van der Waals surface area contributed by atoms with Gasteiger partial charge in [0, 0.05) is 17.0 Å². The summed E-state index contributed by atoms with van der Waals surface area (Å²) in [7, 11) is -4.71. The molecule has 0 aromatic heterocycles. The van der Waals surface area contributed by atoms with Crippen molar-refractivity contribution < 1.29 is 27.4 Å². The molecule has 0 atom stereocenters. The molecule has 1 aliphatic carbocycles. The van der Waals surface area contributed by atoms with E-state index in [1.807, 2.05) is 0 Å². The lowest BCUT2D eigenvalue weighted by atomic mass is 9.82. The molecular formula is C16H11BrN2O6S. The fourth-order valence-corrected chi connectivity index (χ4v) is 4.26. The standard InChI is InChI=1S/C16H11BrN2O6S/c1-6(20)19-9-4-2-3-7-11(9)16(22)12-8(17)5-10(26(23,24)25)14(18)13(12)15(7)21/h2-5H,18H2,1H3,(H,19,20)(H,23,24,25). The van der Waals surface area contributed by atoms with Crippen molar-refractivity contribution in [3.05, 3.63) is 51.0 Å². The van der Waals surface area contributed by atoms with Gasteiger partial charge in [-0.2, -0.15) is 8.42 Å². The third-order valence-electron chi connectivity index (χ3n) is 3.86. The number of amides is 1. The van der Waals surface area contributed by atoms with E-state index in [1.165, 1.54) is 25.1 Å². The molecule has 1 amide bonds. The second-order valence-electron chi connectivity index (χ2n) is 5.56. The predicted octanol–water partition coefficient (Wildman–Crippen LogP) is 2.01. The molecule has 134 valence electrons. The summed E-state index contributed by atoms with van der Waals surface area (Å²) in [5.41, 5.74) is 4.94. The lowest BCUT2D eigenvalue weighted by molar-refractivity contribution is -0.114. The molecule has 3 rings (SSSR count). The van der Waals surface area contributed by atoms with E-state index in [0.29, 0.717) is 0 Å². The fourth-order valence-electron chi connectivity index (χ4n) is 2.85. The number of anilines is 2. The molecule has 0 spiro atoms. The zero-order chi connectivity index (χ0) is 19.4. The van der Waals surface area contributed by atoms with Crippen molar-refractivity contribution in [1.29, 1.82) is 0 Å². The second-order valence-corrected chi connectivity index (χ2v) is 7.81. The zero-order valence-corrected chi connectivity index (χ0v) is 15.6. The van der Waals surface area contributed by atoms with E-state index in [-0.39, 0.29) is 32.4 Å². The molecule has 0 saturated heterocycles. The highest BCUT2D eigenvalue weighted by atomic mass is 79.9. The van der Waals surface area contributed by atoms with Crippen molar-refractivity contribution in [3.8, 4) is 0 Å². The van der Waals surface area contributed by atoms with Gasteiger partial charge >= 0.3 is 0 Å². The van der Waals surface area contributed by atoms with Gasteiger partial charge in [-0.05, 0) is 28.1 Å². The number of nitrogens with one attached hydrogen (secondary N) is 1. The van der Waals surface area contributed by atoms with E-state index in [9.17, 15) is 27.4 Å². The highest BCUT2D eigenvalue weighted by molar-refractivity contribution is 9.10. The van der Waals surface area contributed by atoms with Crippen LogP contribution in [-0.2, 0) is 14.9 Å². The van der Waals surface area contributed by atoms with Gasteiger partial charge < -0.3 is 11.1 Å². The average Bonchev–Trinajstić information content (AvgIpc) is 2.52. The molecule has 2 aromatic rings. The summed E-state index contributed by atoms with van der Waals surface area (Å²) in [5, 5.41) is 2.49. The highest BCUT2D eigenvalue weighted by Crippen LogP contribution is 2.40. The molecule has 1 aliphatic rings. The smallest absolute Gasteiger partial charge is 0.296 e. The number of carbonyl (C=O) groups is 3. The first-order valence-electron chi connectivity index (χ1n) is 7.13. The van der Waals surface area contributed by atoms with Crippen LogP contribution < -0.4 is 11.1 Å². The number of fused-ring (bicyclic) bond motifs is 2. The SMILES string of the molecule is CC(=O)Nc1cccc2c1C(=O)c1c(Br)cc(S(=O)(=O)O)c(N)c1C2=O. The number of hydrogen-bond donors (Lipinski definition) is 3. The molecule has 0 saturated carbocycles. The normalized spacial score (nSPS) is 13.2. The summed E-state index contributed by atoms with van der Waals surface area (Å²) in [6, 6.07) is 5.27. The van der Waals surface area contributed by atoms with Gasteiger partial charge in [-0.1, -0.05) is 12.1 Å². The summed E-state index contributed by atoms with van der Waals surface area (Å²) in [4.78, 5) is 36.6. The van der Waals surface area contributed by atoms with Crippen LogP contribution in [0.3, 0.4) is 0 Å². The number of nitrogens with two attached hydrogens (primary N) is 1. The third-order valence-corrected chi connectivity index (χ3v) is 5.38. The lowest BCUT2D eigenvalue weighted by Gasteiger charge is -2.23. The maximum absolute atomic E-state index is 13.0. The van der Waals surface area contributed by atoms with Crippen LogP contribution in [0.4, 0.5) is 11.4 Å². The van der Waals surface area contributed by atoms with Crippen molar-refractivity contribution in [3.63, 3.8) is 0 Å². The van der Waals surface area contributed by atoms with Crippen LogP contribution in [0.1, 0.15) is 38.8 Å². The molecule has 10 heteroatoms. The molecule has 2 aromatic carbocycles. The zero-order valence-electron chi connectivity index (χ0n) is 13.2. The van der Waals surface area contributed by atoms with Crippen LogP contribution in [0.15, 0.2) is 33.6 Å². The van der Waals surface area contributed by atoms with Crippen molar-refractivity contribution >= 4 is 54.9 Å². The molecule has 4 N–H and O–H groups in total. The summed E-state index contributed by atoms with van der Waals surface area (Å²) in [6.07, 6.45) is 0. The average molecular weight is 439 g/mol. The first-order chi connectivity index (χ1) is 12.0. The van der Waals surface area contributed by atoms with Crippen LogP contribution >= 0.6 is 15.9 Å². The number of carbonyl (C=O) groups excluding carboxylic acids is 3. The van der Waals surface area contributed by atoms with Gasteiger partial charge in [0.05, 0.1) is 28.1 Å². The Bertz CT molecular complexity index is 1120. The Morgan fingerprint density at radius 1 is 1.15 bits per heavy atom. The number of rotatable bonds is 2. The van der Waals surface area contributed by atoms with Crippen LogP contribution in [0.25, 0.3) is 0 Å². The number of ketones is 2. The molecule has 8 nitrogen and oxygen atoms in total. The van der Waals surface area contributed by atoms with Gasteiger partial charge in [-0.15, -0.1) is 0 Å². The summed E-state index contributed by atoms with van der Waals surface area (Å²) in [6.45, 7) is 1.26. The largest absolute Gasteiger partial charge is 0.397 e. The molecule has 0 radical (unpaired) electrons. The molecule has 0 heterocycles. The summed E-state index contributed by atoms with van der Waals surface area (Å²) >= 11 is 3.06. The molecule has 0 aliphatic heterocycles. The third kappa shape index (κ3) is 2.71. The van der Waals surface area contributed by atoms with E-state index in [2.05, 4.69) is 21.2 Å². The monoisotopic (exact) mass is 438 g/mol. The minimum Gasteiger partial charge on any atom is -0.397 e. The minimum absolute atomic E-state index is 0.0140. The predicted molar refractivity (Wildman–Crippen MR) is 96.0 cm³/mol. The molecule has 26 heavy (non-hydrogen) atoms. The van der Waals surface area contributed by atoms with E-state index >= 15 is 0 Å². The Kier molecular flexibility index (Phi) is 4.21. The van der Waals surface area contributed by atoms with Crippen molar-refractivity contribution in [2.75, 3.05) is 11.1 Å². The van der Waals surface area contributed by atoms with Crippen molar-refractivity contribution in [2.45, 2.75) is 11.8 Å². The van der Waals surface area contributed by atoms with E-state index in [0.717, 1.165) is 6.07 Å². The number of halogens is 1. The van der Waals surface area contributed by atoms with Crippen LogP contribution in [0, 0.1) is 0 Å². The fraction of sp³-hybridized carbons (Fsp3) is 0.0625. The Morgan fingerprint density at radius 2 is 1.81 bits per heavy atom. The summed E-state index contributed by atoms with van der Waals surface area (Å²) in [5.74, 6) is -1.73. The maximum Gasteiger partial charge on any atom is 0.296 e. The summed E-state index contributed by atoms with van der Waals surface area (Å²) < 4.78 is 32.3. The number of nitrogen functional groups attached to an aromatic ring is 1. The van der Waals surface area contributed by atoms with Gasteiger partial charge in [0.15, 0.2) is 11.6 Å². The van der Waals surface area contributed by atoms with E-state index in [1.54, 1.807) is 0 Å². The van der Waals surface area contributed by atoms with Crippen LogP contribution in [-0.4, -0.2) is 30.4 Å². The minimum atomic E-state index is -4.71. The van der Waals surface area contributed by atoms with Gasteiger partial charge in [0.2, 0.25) is 5.91 Å². The highest BCUT2D eigenvalue weighted by Gasteiger charge is 2.37. The second kappa shape index (κ2) is 6.01. The first kappa shape index (κ1) is 18.2. The van der Waals surface area contributed by atoms with Gasteiger partial charge in [-0.25, -0.2) is 0 Å². The Hall–Kier alpha value is -2.56. The molecule has 0 unspecified atom stereocenters. The van der Waals surface area contributed by atoms with Gasteiger partial charge in [0.1, 0.15) is 4.90 Å². The Labute approximate surface area is 156 Å². The van der Waals surface area contributed by atoms with Crippen LogP contribution in [0.5, 0.6) is 0 Å². The van der Waals surface area contributed by atoms with Gasteiger partial charge in [0.25, 0.3) is 10.1 Å². The lowest BCUT2D eigenvalue weighted by Crippen LogP contribution is -2.26. The van der Waals surface area contributed by atoms with E-state index in [4.69, 9.17) is 5.73 Å². The molecule has 0 fully saturated rings. The number of hydrogen-bond acceptors (Lipinski definition) is 6. The van der Waals surface area contributed by atoms with Crippen molar-refractivity contribution in [1.82, 2.24) is 0 Å².